The number of hydrogen-bond donors (Lipinski definition) is 3. The maximum atomic E-state index is 14.2. The first-order valence-electron chi connectivity index (χ1n) is 21.3. The summed E-state index contributed by atoms with van der Waals surface area (Å²) in [5.41, 5.74) is 0.847. The number of aliphatic hydroxyl groups is 1. The van der Waals surface area contributed by atoms with Gasteiger partial charge in [-0.2, -0.15) is 0 Å². The van der Waals surface area contributed by atoms with Crippen LogP contribution in [0, 0.1) is 30.1 Å². The Morgan fingerprint density at radius 1 is 0.902 bits per heavy atom. The summed E-state index contributed by atoms with van der Waals surface area (Å²) in [5.74, 6) is -3.25. The van der Waals surface area contributed by atoms with Crippen LogP contribution in [-0.4, -0.2) is 131 Å². The fourth-order valence-corrected chi connectivity index (χ4v) is 6.85. The highest BCUT2D eigenvalue weighted by atomic mass is 16.6. The largest absolute Gasteiger partial charge is 0.460 e. The molecule has 0 unspecified atom stereocenters. The normalized spacial score (nSPS) is 26.2. The lowest BCUT2D eigenvalue weighted by Gasteiger charge is -2.34. The molecule has 0 radical (unpaired) electrons. The molecule has 0 aromatic heterocycles. The van der Waals surface area contributed by atoms with Crippen molar-refractivity contribution in [2.24, 2.45) is 17.8 Å². The van der Waals surface area contributed by atoms with Gasteiger partial charge < -0.3 is 39.9 Å². The van der Waals surface area contributed by atoms with E-state index < -0.39 is 96.4 Å². The third-order valence-corrected chi connectivity index (χ3v) is 11.4. The summed E-state index contributed by atoms with van der Waals surface area (Å²) >= 11 is 0. The van der Waals surface area contributed by atoms with Gasteiger partial charge in [0, 0.05) is 51.9 Å². The number of benzene rings is 1. The highest BCUT2D eigenvalue weighted by Gasteiger charge is 2.38. The Labute approximate surface area is 362 Å². The van der Waals surface area contributed by atoms with Gasteiger partial charge in [-0.3, -0.25) is 24.0 Å². The molecule has 61 heavy (non-hydrogen) atoms. The van der Waals surface area contributed by atoms with Gasteiger partial charge in [-0.1, -0.05) is 77.4 Å². The topological polar surface area (TPSA) is 192 Å². The average Bonchev–Trinajstić information content (AvgIpc) is 3.23. The Balaban J connectivity index is 2.67. The van der Waals surface area contributed by atoms with Crippen LogP contribution in [0.25, 0.3) is 0 Å². The summed E-state index contributed by atoms with van der Waals surface area (Å²) < 4.78 is 11.7. The molecule has 3 N–H and O–H groups in total. The van der Waals surface area contributed by atoms with Gasteiger partial charge in [0.2, 0.25) is 23.6 Å². The van der Waals surface area contributed by atoms with E-state index in [1.54, 1.807) is 38.1 Å². The lowest BCUT2D eigenvalue weighted by molar-refractivity contribution is -0.162. The van der Waals surface area contributed by atoms with E-state index >= 15 is 0 Å². The van der Waals surface area contributed by atoms with Crippen molar-refractivity contribution in [3.63, 3.8) is 0 Å². The number of likely N-dealkylation sites (N-methyl/N-ethyl adjacent to an activating group) is 3. The Morgan fingerprint density at radius 2 is 1.54 bits per heavy atom. The Hall–Kier alpha value is -5.23. The molecule has 0 saturated carbocycles. The van der Waals surface area contributed by atoms with Gasteiger partial charge in [0.25, 0.3) is 5.91 Å². The van der Waals surface area contributed by atoms with E-state index in [4.69, 9.17) is 15.9 Å². The molecule has 15 heteroatoms. The number of ether oxygens (including phenoxy) is 2. The van der Waals surface area contributed by atoms with Crippen LogP contribution >= 0.6 is 0 Å². The van der Waals surface area contributed by atoms with Crippen LogP contribution in [0.3, 0.4) is 0 Å². The molecule has 1 aromatic carbocycles. The molecule has 0 bridgehead atoms. The SMILES string of the molecule is C#CCCC[C@@H](O)[C@@H](C)[C@@H]1C/C=C(\C)C(=O)O[C@H](CC(C)C)C(=O)N[C@@H](C)C(=O)N(C)[C@H](Cc2ccccc2)C(=O)N(C)CC(=O)N[C@H]([C@H](C)CC)C(=O)N(C)[C@H](C)C(=O)O1. The van der Waals surface area contributed by atoms with Gasteiger partial charge in [0.1, 0.15) is 30.3 Å². The highest BCUT2D eigenvalue weighted by Crippen LogP contribution is 2.23. The zero-order chi connectivity index (χ0) is 46.1. The van der Waals surface area contributed by atoms with E-state index in [-0.39, 0.29) is 36.7 Å². The number of amides is 5. The molecule has 2 rings (SSSR count). The number of nitrogens with one attached hydrogen (secondary N) is 2. The standard InChI is InChI=1S/C46H69N5O10/c1-13-15-17-22-36(52)31(7)37-24-23-30(6)45(58)61-38(25-28(3)4)41(54)47-32(8)42(55)51(12)35(26-34-20-18-16-19-21-34)43(56)49(10)27-39(53)48-40(29(5)14-2)44(57)50(11)33(9)46(59)60-37/h1,16,18-21,23,28-29,31-33,35-38,40,52H,14-15,17,22,24-27H2,2-12H3,(H,47,54)(H,48,53)/b30-23+/t29-,31-,32+,33-,35-,36-,37+,38-,40-/m1/s1. The summed E-state index contributed by atoms with van der Waals surface area (Å²) in [6.45, 7) is 13.0. The van der Waals surface area contributed by atoms with E-state index in [1.807, 2.05) is 26.8 Å². The van der Waals surface area contributed by atoms with Crippen molar-refractivity contribution >= 4 is 41.5 Å². The van der Waals surface area contributed by atoms with Gasteiger partial charge in [-0.25, -0.2) is 9.59 Å². The van der Waals surface area contributed by atoms with Gasteiger partial charge in [0.05, 0.1) is 12.6 Å². The highest BCUT2D eigenvalue weighted by molar-refractivity contribution is 5.96. The number of aliphatic hydroxyl groups excluding tert-OH is 1. The number of nitrogens with zero attached hydrogens (tertiary/aromatic N) is 3. The van der Waals surface area contributed by atoms with Crippen LogP contribution in [0.4, 0.5) is 0 Å². The van der Waals surface area contributed by atoms with Crippen molar-refractivity contribution in [2.75, 3.05) is 27.7 Å². The Bertz CT molecular complexity index is 1740. The van der Waals surface area contributed by atoms with E-state index in [0.717, 1.165) is 5.56 Å². The Kier molecular flexibility index (Phi) is 21.2. The van der Waals surface area contributed by atoms with Crippen molar-refractivity contribution in [3.05, 3.63) is 47.5 Å². The van der Waals surface area contributed by atoms with E-state index in [2.05, 4.69) is 16.6 Å². The van der Waals surface area contributed by atoms with Crippen molar-refractivity contribution in [1.82, 2.24) is 25.3 Å². The first-order chi connectivity index (χ1) is 28.6. The number of hydrogen-bond acceptors (Lipinski definition) is 10. The minimum absolute atomic E-state index is 0.0225. The maximum Gasteiger partial charge on any atom is 0.334 e. The molecular weight excluding hydrogens is 783 g/mol. The number of carbonyl (C=O) groups is 7. The van der Waals surface area contributed by atoms with Gasteiger partial charge in [0.15, 0.2) is 6.10 Å². The van der Waals surface area contributed by atoms with Crippen molar-refractivity contribution in [1.29, 1.82) is 0 Å². The number of terminal acetylenes is 1. The smallest absolute Gasteiger partial charge is 0.334 e. The van der Waals surface area contributed by atoms with E-state index in [0.29, 0.717) is 25.7 Å². The zero-order valence-electron chi connectivity index (χ0n) is 37.9. The predicted molar refractivity (Wildman–Crippen MR) is 231 cm³/mol. The monoisotopic (exact) mass is 852 g/mol. The molecule has 1 aromatic rings. The van der Waals surface area contributed by atoms with Crippen molar-refractivity contribution in [3.8, 4) is 12.3 Å². The molecule has 0 spiro atoms. The molecule has 1 heterocycles. The number of esters is 2. The van der Waals surface area contributed by atoms with Crippen molar-refractivity contribution < 1.29 is 48.1 Å². The molecule has 15 nitrogen and oxygen atoms in total. The molecule has 338 valence electrons. The number of rotatable bonds is 11. The molecule has 0 fully saturated rings. The second kappa shape index (κ2) is 24.9. The molecule has 9 atom stereocenters. The second-order valence-corrected chi connectivity index (χ2v) is 16.8. The van der Waals surface area contributed by atoms with Crippen LogP contribution < -0.4 is 10.6 Å². The number of unbranched alkanes of at least 4 members (excludes halogenated alkanes) is 1. The number of carbonyl (C=O) groups excluding carboxylic acids is 7. The maximum absolute atomic E-state index is 14.2. The summed E-state index contributed by atoms with van der Waals surface area (Å²) in [6.07, 6.45) is 5.71. The molecule has 0 aliphatic carbocycles. The molecule has 1 aliphatic heterocycles. The van der Waals surface area contributed by atoms with Gasteiger partial charge in [-0.15, -0.1) is 12.3 Å². The second-order valence-electron chi connectivity index (χ2n) is 16.8. The number of cyclic esters (lactones) is 2. The van der Waals surface area contributed by atoms with Crippen LogP contribution in [-0.2, 0) is 49.5 Å². The molecular formula is C46H69N5O10. The third kappa shape index (κ3) is 15.6. The van der Waals surface area contributed by atoms with Gasteiger partial charge >= 0.3 is 11.9 Å². The van der Waals surface area contributed by atoms with Crippen molar-refractivity contribution in [2.45, 2.75) is 143 Å². The van der Waals surface area contributed by atoms with E-state index in [9.17, 15) is 38.7 Å². The first kappa shape index (κ1) is 51.9. The van der Waals surface area contributed by atoms with Crippen LogP contribution in [0.15, 0.2) is 42.0 Å². The fraction of sp³-hybridized carbons (Fsp3) is 0.630. The average molecular weight is 852 g/mol. The van der Waals surface area contributed by atoms with Gasteiger partial charge in [-0.05, 0) is 57.4 Å². The summed E-state index contributed by atoms with van der Waals surface area (Å²) in [6, 6.07) is 4.55. The minimum Gasteiger partial charge on any atom is -0.460 e. The van der Waals surface area contributed by atoms with Crippen LogP contribution in [0.5, 0.6) is 0 Å². The zero-order valence-corrected chi connectivity index (χ0v) is 37.9. The molecule has 1 aliphatic rings. The summed E-state index contributed by atoms with van der Waals surface area (Å²) in [5, 5.41) is 16.5. The molecule has 5 amide bonds. The van der Waals surface area contributed by atoms with Crippen LogP contribution in [0.1, 0.15) is 99.5 Å². The third-order valence-electron chi connectivity index (χ3n) is 11.4. The summed E-state index contributed by atoms with van der Waals surface area (Å²) in [7, 11) is 4.29. The molecule has 0 saturated heterocycles. The van der Waals surface area contributed by atoms with E-state index in [1.165, 1.54) is 62.7 Å². The first-order valence-corrected chi connectivity index (χ1v) is 21.3. The minimum atomic E-state index is -1.29. The quantitative estimate of drug-likeness (QED) is 0.169. The predicted octanol–water partition coefficient (Wildman–Crippen LogP) is 3.42. The lowest BCUT2D eigenvalue weighted by atomic mass is 9.91. The lowest BCUT2D eigenvalue weighted by Crippen LogP contribution is -2.58. The fourth-order valence-electron chi connectivity index (χ4n) is 6.85. The summed E-state index contributed by atoms with van der Waals surface area (Å²) in [4.78, 5) is 100. The van der Waals surface area contributed by atoms with Crippen LogP contribution in [0.2, 0.25) is 0 Å². The Morgan fingerprint density at radius 3 is 2.13 bits per heavy atom.